The van der Waals surface area contributed by atoms with E-state index in [1.165, 1.54) is 0 Å². The summed E-state index contributed by atoms with van der Waals surface area (Å²) >= 11 is 0. The van der Waals surface area contributed by atoms with Crippen LogP contribution in [0, 0.1) is 6.92 Å². The van der Waals surface area contributed by atoms with Crippen molar-refractivity contribution in [1.29, 1.82) is 0 Å². The molecule has 0 saturated carbocycles. The second-order valence-corrected chi connectivity index (χ2v) is 6.41. The van der Waals surface area contributed by atoms with Crippen molar-refractivity contribution in [1.82, 2.24) is 9.80 Å². The molecule has 1 aromatic carbocycles. The molecule has 1 saturated heterocycles. The molecular weight excluding hydrogens is 298 g/mol. The molecular formula is C20H29N3O. The molecule has 0 aromatic heterocycles. The van der Waals surface area contributed by atoms with Gasteiger partial charge < -0.3 is 15.5 Å². The zero-order valence-electron chi connectivity index (χ0n) is 15.1. The number of amides is 1. The summed E-state index contributed by atoms with van der Waals surface area (Å²) in [6.45, 7) is 7.77. The van der Waals surface area contributed by atoms with Gasteiger partial charge in [0.15, 0.2) is 0 Å². The van der Waals surface area contributed by atoms with E-state index in [2.05, 4.69) is 31.9 Å². The van der Waals surface area contributed by atoms with E-state index in [-0.39, 0.29) is 5.91 Å². The summed E-state index contributed by atoms with van der Waals surface area (Å²) in [6, 6.07) is 5.97. The standard InChI is InChI=1S/C20H29N3O/c1-4-6-17(9-10-21)19-15-18(8-7-16(19)2)20(24)23-12-5-11-22(3)13-14-23/h6-10,15H,4-5,11-14,21H2,1-3H3/b10-9-,17-6+. The summed E-state index contributed by atoms with van der Waals surface area (Å²) in [4.78, 5) is 17.2. The minimum absolute atomic E-state index is 0.124. The van der Waals surface area contributed by atoms with Crippen molar-refractivity contribution in [3.05, 3.63) is 53.2 Å². The van der Waals surface area contributed by atoms with Gasteiger partial charge in [-0.1, -0.05) is 19.1 Å². The van der Waals surface area contributed by atoms with Crippen LogP contribution < -0.4 is 5.73 Å². The topological polar surface area (TPSA) is 49.6 Å². The quantitative estimate of drug-likeness (QED) is 0.865. The number of likely N-dealkylation sites (N-methyl/N-ethyl adjacent to an activating group) is 1. The highest BCUT2D eigenvalue weighted by Gasteiger charge is 2.19. The van der Waals surface area contributed by atoms with Crippen LogP contribution in [0.1, 0.15) is 41.3 Å². The molecule has 0 radical (unpaired) electrons. The lowest BCUT2D eigenvalue weighted by Gasteiger charge is -2.21. The molecule has 2 rings (SSSR count). The molecule has 1 heterocycles. The van der Waals surface area contributed by atoms with Gasteiger partial charge in [-0.05, 0) is 74.5 Å². The molecule has 1 aromatic rings. The first kappa shape index (κ1) is 18.3. The van der Waals surface area contributed by atoms with Gasteiger partial charge in [0, 0.05) is 25.2 Å². The molecule has 0 spiro atoms. The molecule has 130 valence electrons. The number of hydrogen-bond donors (Lipinski definition) is 1. The molecule has 24 heavy (non-hydrogen) atoms. The number of nitrogens with zero attached hydrogens (tertiary/aromatic N) is 2. The molecule has 1 aliphatic heterocycles. The van der Waals surface area contributed by atoms with Gasteiger partial charge in [-0.15, -0.1) is 0 Å². The molecule has 2 N–H and O–H groups in total. The summed E-state index contributed by atoms with van der Waals surface area (Å²) < 4.78 is 0. The lowest BCUT2D eigenvalue weighted by molar-refractivity contribution is 0.0763. The maximum Gasteiger partial charge on any atom is 0.253 e. The zero-order valence-corrected chi connectivity index (χ0v) is 15.1. The van der Waals surface area contributed by atoms with Crippen LogP contribution in [0.2, 0.25) is 0 Å². The lowest BCUT2D eigenvalue weighted by Crippen LogP contribution is -2.34. The number of hydrogen-bond acceptors (Lipinski definition) is 3. The van der Waals surface area contributed by atoms with Crippen molar-refractivity contribution in [2.24, 2.45) is 5.73 Å². The lowest BCUT2D eigenvalue weighted by atomic mass is 9.96. The second kappa shape index (κ2) is 8.69. The fourth-order valence-electron chi connectivity index (χ4n) is 3.09. The van der Waals surface area contributed by atoms with Crippen molar-refractivity contribution < 1.29 is 4.79 Å². The largest absolute Gasteiger partial charge is 0.405 e. The Labute approximate surface area is 145 Å². The Bertz CT molecular complexity index is 634. The summed E-state index contributed by atoms with van der Waals surface area (Å²) in [5.41, 5.74) is 9.65. The van der Waals surface area contributed by atoms with E-state index in [1.807, 2.05) is 29.2 Å². The molecule has 4 heteroatoms. The van der Waals surface area contributed by atoms with Gasteiger partial charge in [0.2, 0.25) is 0 Å². The van der Waals surface area contributed by atoms with E-state index in [0.29, 0.717) is 0 Å². The number of carbonyl (C=O) groups is 1. The molecule has 0 atom stereocenters. The van der Waals surface area contributed by atoms with Crippen molar-refractivity contribution in [2.75, 3.05) is 33.2 Å². The Kier molecular flexibility index (Phi) is 6.62. The van der Waals surface area contributed by atoms with E-state index in [0.717, 1.165) is 61.3 Å². The first-order chi connectivity index (χ1) is 11.6. The van der Waals surface area contributed by atoms with Crippen LogP contribution in [-0.4, -0.2) is 48.9 Å². The van der Waals surface area contributed by atoms with Gasteiger partial charge in [0.1, 0.15) is 0 Å². The number of nitrogens with two attached hydrogens (primary N) is 1. The minimum Gasteiger partial charge on any atom is -0.405 e. The summed E-state index contributed by atoms with van der Waals surface area (Å²) in [6.07, 6.45) is 7.55. The van der Waals surface area contributed by atoms with E-state index in [9.17, 15) is 4.79 Å². The van der Waals surface area contributed by atoms with Gasteiger partial charge in [0.25, 0.3) is 5.91 Å². The highest BCUT2D eigenvalue weighted by molar-refractivity contribution is 5.95. The van der Waals surface area contributed by atoms with Crippen LogP contribution >= 0.6 is 0 Å². The second-order valence-electron chi connectivity index (χ2n) is 6.41. The monoisotopic (exact) mass is 327 g/mol. The highest BCUT2D eigenvalue weighted by Crippen LogP contribution is 2.23. The first-order valence-corrected chi connectivity index (χ1v) is 8.74. The molecule has 4 nitrogen and oxygen atoms in total. The fourth-order valence-corrected chi connectivity index (χ4v) is 3.09. The molecule has 1 fully saturated rings. The molecule has 0 bridgehead atoms. The number of benzene rings is 1. The van der Waals surface area contributed by atoms with Gasteiger partial charge in [0.05, 0.1) is 0 Å². The third-order valence-corrected chi connectivity index (χ3v) is 4.50. The number of rotatable bonds is 4. The van der Waals surface area contributed by atoms with Gasteiger partial charge in [-0.25, -0.2) is 0 Å². The highest BCUT2D eigenvalue weighted by atomic mass is 16.2. The average molecular weight is 327 g/mol. The maximum absolute atomic E-state index is 12.9. The summed E-state index contributed by atoms with van der Waals surface area (Å²) in [7, 11) is 2.11. The Balaban J connectivity index is 2.29. The number of carbonyl (C=O) groups excluding carboxylic acids is 1. The van der Waals surface area contributed by atoms with E-state index < -0.39 is 0 Å². The van der Waals surface area contributed by atoms with Crippen LogP contribution in [0.15, 0.2) is 36.6 Å². The third kappa shape index (κ3) is 4.48. The van der Waals surface area contributed by atoms with E-state index in [4.69, 9.17) is 5.73 Å². The Morgan fingerprint density at radius 1 is 1.25 bits per heavy atom. The van der Waals surface area contributed by atoms with Crippen LogP contribution in [0.5, 0.6) is 0 Å². The van der Waals surface area contributed by atoms with Crippen LogP contribution in [0.4, 0.5) is 0 Å². The predicted octanol–water partition coefficient (Wildman–Crippen LogP) is 3.04. The van der Waals surface area contributed by atoms with E-state index >= 15 is 0 Å². The molecule has 0 aliphatic carbocycles. The van der Waals surface area contributed by atoms with Crippen molar-refractivity contribution in [3.63, 3.8) is 0 Å². The fraction of sp³-hybridized carbons (Fsp3) is 0.450. The van der Waals surface area contributed by atoms with Crippen molar-refractivity contribution in [2.45, 2.75) is 26.7 Å². The van der Waals surface area contributed by atoms with Gasteiger partial charge in [-0.2, -0.15) is 0 Å². The van der Waals surface area contributed by atoms with E-state index in [1.54, 1.807) is 6.20 Å². The van der Waals surface area contributed by atoms with Gasteiger partial charge in [-0.3, -0.25) is 4.79 Å². The number of aryl methyl sites for hydroxylation is 1. The van der Waals surface area contributed by atoms with Gasteiger partial charge >= 0.3 is 0 Å². The number of allylic oxidation sites excluding steroid dienone is 3. The maximum atomic E-state index is 12.9. The summed E-state index contributed by atoms with van der Waals surface area (Å²) in [5.74, 6) is 0.124. The smallest absolute Gasteiger partial charge is 0.253 e. The molecule has 1 amide bonds. The minimum atomic E-state index is 0.124. The average Bonchev–Trinajstić information content (AvgIpc) is 2.79. The Hall–Kier alpha value is -2.07. The predicted molar refractivity (Wildman–Crippen MR) is 101 cm³/mol. The molecule has 0 unspecified atom stereocenters. The normalized spacial score (nSPS) is 17.3. The third-order valence-electron chi connectivity index (χ3n) is 4.50. The SMILES string of the molecule is CC/C=C(\C=C/N)c1cc(C(=O)N2CCCN(C)CC2)ccc1C. The van der Waals surface area contributed by atoms with Crippen molar-refractivity contribution >= 4 is 11.5 Å². The van der Waals surface area contributed by atoms with Crippen molar-refractivity contribution in [3.8, 4) is 0 Å². The van der Waals surface area contributed by atoms with Crippen LogP contribution in [-0.2, 0) is 0 Å². The zero-order chi connectivity index (χ0) is 17.5. The Morgan fingerprint density at radius 3 is 2.75 bits per heavy atom. The first-order valence-electron chi connectivity index (χ1n) is 8.74. The van der Waals surface area contributed by atoms with Crippen LogP contribution in [0.25, 0.3) is 5.57 Å². The summed E-state index contributed by atoms with van der Waals surface area (Å²) in [5, 5.41) is 0. The Morgan fingerprint density at radius 2 is 2.04 bits per heavy atom. The molecule has 1 aliphatic rings. The van der Waals surface area contributed by atoms with Crippen LogP contribution in [0.3, 0.4) is 0 Å².